The largest absolute Gasteiger partial charge is 0.494 e. The number of carbonyl (C=O) groups excluding carboxylic acids is 1. The second-order valence-corrected chi connectivity index (χ2v) is 3.70. The molecule has 0 spiro atoms. The van der Waals surface area contributed by atoms with Gasteiger partial charge in [0.2, 0.25) is 0 Å². The molecule has 1 saturated heterocycles. The topological polar surface area (TPSA) is 47.6 Å². The van der Waals surface area contributed by atoms with Gasteiger partial charge in [0, 0.05) is 0 Å². The third-order valence-electron chi connectivity index (χ3n) is 2.38. The predicted molar refractivity (Wildman–Crippen MR) is 59.5 cm³/mol. The molecule has 1 amide bonds. The third kappa shape index (κ3) is 2.45. The van der Waals surface area contributed by atoms with Gasteiger partial charge in [-0.2, -0.15) is 0 Å². The fourth-order valence-electron chi connectivity index (χ4n) is 1.60. The fraction of sp³-hybridized carbons (Fsp3) is 0.417. The van der Waals surface area contributed by atoms with Crippen molar-refractivity contribution in [1.82, 2.24) is 5.32 Å². The first-order valence-corrected chi connectivity index (χ1v) is 5.47. The molecule has 16 heavy (non-hydrogen) atoms. The maximum Gasteiger partial charge on any atom is 0.407 e. The average molecular weight is 221 g/mol. The molecule has 86 valence electrons. The van der Waals surface area contributed by atoms with E-state index in [1.165, 1.54) is 0 Å². The molecule has 1 fully saturated rings. The summed E-state index contributed by atoms with van der Waals surface area (Å²) in [6.07, 6.45) is 0.423. The summed E-state index contributed by atoms with van der Waals surface area (Å²) in [5, 5.41) is 2.63. The smallest absolute Gasteiger partial charge is 0.407 e. The molecule has 0 bridgehead atoms. The van der Waals surface area contributed by atoms with Gasteiger partial charge in [0.1, 0.15) is 11.9 Å². The number of hydrogen-bond acceptors (Lipinski definition) is 3. The van der Waals surface area contributed by atoms with Gasteiger partial charge in [-0.05, 0) is 24.1 Å². The van der Waals surface area contributed by atoms with E-state index in [0.717, 1.165) is 17.7 Å². The first-order chi connectivity index (χ1) is 7.79. The Balaban J connectivity index is 2.06. The van der Waals surface area contributed by atoms with Crippen molar-refractivity contribution < 1.29 is 14.3 Å². The van der Waals surface area contributed by atoms with Crippen LogP contribution in [-0.4, -0.2) is 19.2 Å². The summed E-state index contributed by atoms with van der Waals surface area (Å²) in [5.74, 6) is 0.822. The van der Waals surface area contributed by atoms with Crippen LogP contribution in [0.2, 0.25) is 0 Å². The third-order valence-corrected chi connectivity index (χ3v) is 2.38. The summed E-state index contributed by atoms with van der Waals surface area (Å²) >= 11 is 0. The molecule has 0 saturated carbocycles. The molecule has 1 aliphatic rings. The van der Waals surface area contributed by atoms with Gasteiger partial charge in [-0.15, -0.1) is 0 Å². The number of hydrogen-bond donors (Lipinski definition) is 1. The van der Waals surface area contributed by atoms with E-state index in [2.05, 4.69) is 12.2 Å². The maximum atomic E-state index is 10.9. The highest BCUT2D eigenvalue weighted by molar-refractivity contribution is 5.69. The lowest BCUT2D eigenvalue weighted by molar-refractivity contribution is 0.141. The molecule has 4 heteroatoms. The van der Waals surface area contributed by atoms with Crippen molar-refractivity contribution >= 4 is 6.09 Å². The van der Waals surface area contributed by atoms with Crippen molar-refractivity contribution in [3.05, 3.63) is 29.8 Å². The van der Waals surface area contributed by atoms with Gasteiger partial charge < -0.3 is 14.8 Å². The van der Waals surface area contributed by atoms with E-state index in [4.69, 9.17) is 9.47 Å². The zero-order chi connectivity index (χ0) is 11.4. The first kappa shape index (κ1) is 10.8. The van der Waals surface area contributed by atoms with Crippen LogP contribution < -0.4 is 10.1 Å². The van der Waals surface area contributed by atoms with Gasteiger partial charge in [-0.1, -0.05) is 19.1 Å². The maximum absolute atomic E-state index is 10.9. The van der Waals surface area contributed by atoms with Crippen LogP contribution in [0.4, 0.5) is 4.79 Å². The summed E-state index contributed by atoms with van der Waals surface area (Å²) < 4.78 is 10.6. The lowest BCUT2D eigenvalue weighted by Crippen LogP contribution is -2.12. The highest BCUT2D eigenvalue weighted by Crippen LogP contribution is 2.24. The van der Waals surface area contributed by atoms with Crippen LogP contribution >= 0.6 is 0 Å². The molecule has 0 radical (unpaired) electrons. The van der Waals surface area contributed by atoms with E-state index in [0.29, 0.717) is 13.2 Å². The molecule has 4 nitrogen and oxygen atoms in total. The van der Waals surface area contributed by atoms with Crippen molar-refractivity contribution in [3.8, 4) is 5.75 Å². The zero-order valence-electron chi connectivity index (χ0n) is 9.23. The van der Waals surface area contributed by atoms with E-state index >= 15 is 0 Å². The number of nitrogens with one attached hydrogen (secondary N) is 1. The molecule has 1 aromatic carbocycles. The minimum absolute atomic E-state index is 0.197. The Bertz CT molecular complexity index is 378. The van der Waals surface area contributed by atoms with Gasteiger partial charge in [-0.25, -0.2) is 4.79 Å². The Morgan fingerprint density at radius 1 is 1.56 bits per heavy atom. The summed E-state index contributed by atoms with van der Waals surface area (Å²) in [6.45, 7) is 3.29. The van der Waals surface area contributed by atoms with Crippen LogP contribution in [0.5, 0.6) is 5.75 Å². The monoisotopic (exact) mass is 221 g/mol. The van der Waals surface area contributed by atoms with Crippen LogP contribution in [0.3, 0.4) is 0 Å². The van der Waals surface area contributed by atoms with Gasteiger partial charge >= 0.3 is 6.09 Å². The Hall–Kier alpha value is -1.71. The van der Waals surface area contributed by atoms with E-state index in [9.17, 15) is 4.79 Å². The van der Waals surface area contributed by atoms with Crippen LogP contribution in [-0.2, 0) is 4.74 Å². The lowest BCUT2D eigenvalue weighted by Gasteiger charge is -2.10. The van der Waals surface area contributed by atoms with Crippen LogP contribution in [0.1, 0.15) is 25.0 Å². The van der Waals surface area contributed by atoms with E-state index in [-0.39, 0.29) is 12.2 Å². The quantitative estimate of drug-likeness (QED) is 0.848. The molecular formula is C12H15NO3. The molecule has 1 atom stereocenters. The highest BCUT2D eigenvalue weighted by Gasteiger charge is 2.24. The number of rotatable bonds is 4. The number of amides is 1. The van der Waals surface area contributed by atoms with Gasteiger partial charge in [-0.3, -0.25) is 0 Å². The second kappa shape index (κ2) is 4.88. The zero-order valence-corrected chi connectivity index (χ0v) is 9.23. The summed E-state index contributed by atoms with van der Waals surface area (Å²) in [7, 11) is 0. The highest BCUT2D eigenvalue weighted by atomic mass is 16.6. The molecule has 1 N–H and O–H groups in total. The standard InChI is InChI=1S/C12H15NO3/c1-2-6-15-10-5-3-4-9(7-10)11-8-13-12(14)16-11/h3-5,7,11H,2,6,8H2,1H3,(H,13,14). The van der Waals surface area contributed by atoms with Crippen molar-refractivity contribution in [3.63, 3.8) is 0 Å². The van der Waals surface area contributed by atoms with Crippen molar-refractivity contribution in [2.24, 2.45) is 0 Å². The summed E-state index contributed by atoms with van der Waals surface area (Å²) in [4.78, 5) is 10.9. The molecule has 1 aromatic rings. The molecule has 1 aliphatic heterocycles. The van der Waals surface area contributed by atoms with Crippen LogP contribution in [0.25, 0.3) is 0 Å². The van der Waals surface area contributed by atoms with E-state index in [1.807, 2.05) is 24.3 Å². The summed E-state index contributed by atoms with van der Waals surface area (Å²) in [5.41, 5.74) is 0.965. The average Bonchev–Trinajstić information content (AvgIpc) is 2.74. The minimum Gasteiger partial charge on any atom is -0.494 e. The van der Waals surface area contributed by atoms with Crippen LogP contribution in [0, 0.1) is 0 Å². The van der Waals surface area contributed by atoms with Crippen molar-refractivity contribution in [2.45, 2.75) is 19.4 Å². The van der Waals surface area contributed by atoms with Gasteiger partial charge in [0.25, 0.3) is 0 Å². The van der Waals surface area contributed by atoms with Crippen LogP contribution in [0.15, 0.2) is 24.3 Å². The number of carbonyl (C=O) groups is 1. The second-order valence-electron chi connectivity index (χ2n) is 3.70. The van der Waals surface area contributed by atoms with Gasteiger partial charge in [0.05, 0.1) is 13.2 Å². The summed E-state index contributed by atoms with van der Waals surface area (Å²) in [6, 6.07) is 7.67. The Morgan fingerprint density at radius 2 is 2.44 bits per heavy atom. The minimum atomic E-state index is -0.357. The molecule has 1 unspecified atom stereocenters. The lowest BCUT2D eigenvalue weighted by atomic mass is 10.1. The molecule has 0 aromatic heterocycles. The normalized spacial score (nSPS) is 19.1. The van der Waals surface area contributed by atoms with Gasteiger partial charge in [0.15, 0.2) is 0 Å². The molecule has 2 rings (SSSR count). The van der Waals surface area contributed by atoms with E-state index in [1.54, 1.807) is 0 Å². The number of alkyl carbamates (subject to hydrolysis) is 1. The Kier molecular flexibility index (Phi) is 3.29. The predicted octanol–water partition coefficient (Wildman–Crippen LogP) is 2.26. The van der Waals surface area contributed by atoms with Crippen molar-refractivity contribution in [2.75, 3.05) is 13.2 Å². The Labute approximate surface area is 94.6 Å². The number of benzene rings is 1. The molecular weight excluding hydrogens is 206 g/mol. The fourth-order valence-corrected chi connectivity index (χ4v) is 1.60. The Morgan fingerprint density at radius 3 is 3.12 bits per heavy atom. The number of cyclic esters (lactones) is 1. The SMILES string of the molecule is CCCOc1cccc(C2CNC(=O)O2)c1. The van der Waals surface area contributed by atoms with Crippen molar-refractivity contribution in [1.29, 1.82) is 0 Å². The molecule has 0 aliphatic carbocycles. The first-order valence-electron chi connectivity index (χ1n) is 5.47. The van der Waals surface area contributed by atoms with E-state index < -0.39 is 0 Å². The molecule has 1 heterocycles. The number of ether oxygens (including phenoxy) is 2.